The third kappa shape index (κ3) is 4.99. The number of carbonyl (C=O) groups excluding carboxylic acids is 1. The Kier molecular flexibility index (Phi) is 6.90. The maximum Gasteiger partial charge on any atom is 0.352 e. The van der Waals surface area contributed by atoms with Crippen LogP contribution in [0.5, 0.6) is 5.75 Å². The first-order chi connectivity index (χ1) is 16.0. The topological polar surface area (TPSA) is 104 Å². The molecule has 4 rings (SSSR count). The SMILES string of the molecule is COc1cccc(-n2nc(C(=O)NCC3CCCO3)c(=O)n(Cc3ccccc3Cl)c2=O)c1. The number of amides is 1. The number of methoxy groups -OCH3 is 1. The van der Waals surface area contributed by atoms with Crippen LogP contribution in [-0.4, -0.2) is 46.6 Å². The van der Waals surface area contributed by atoms with E-state index < -0.39 is 22.9 Å². The van der Waals surface area contributed by atoms with Crippen molar-refractivity contribution in [1.29, 1.82) is 0 Å². The summed E-state index contributed by atoms with van der Waals surface area (Å²) in [5.74, 6) is -0.186. The molecule has 1 aliphatic heterocycles. The zero-order valence-electron chi connectivity index (χ0n) is 18.0. The van der Waals surface area contributed by atoms with Crippen molar-refractivity contribution in [2.45, 2.75) is 25.5 Å². The standard InChI is InChI=1S/C23H23ClN4O5/c1-32-17-8-4-7-16(12-17)28-23(31)27(14-15-6-2-3-10-19(15)24)22(30)20(26-28)21(29)25-13-18-9-5-11-33-18/h2-4,6-8,10,12,18H,5,9,11,13-14H2,1H3,(H,25,29). The van der Waals surface area contributed by atoms with E-state index in [0.29, 0.717) is 28.6 Å². The van der Waals surface area contributed by atoms with E-state index in [9.17, 15) is 14.4 Å². The van der Waals surface area contributed by atoms with Gasteiger partial charge in [0.05, 0.1) is 25.4 Å². The molecule has 2 aromatic carbocycles. The first-order valence-electron chi connectivity index (χ1n) is 10.5. The molecule has 9 nitrogen and oxygen atoms in total. The Morgan fingerprint density at radius 3 is 2.79 bits per heavy atom. The van der Waals surface area contributed by atoms with E-state index in [2.05, 4.69) is 10.4 Å². The van der Waals surface area contributed by atoms with Crippen molar-refractivity contribution < 1.29 is 14.3 Å². The van der Waals surface area contributed by atoms with E-state index in [-0.39, 0.29) is 19.2 Å². The molecular weight excluding hydrogens is 448 g/mol. The molecule has 3 aromatic rings. The summed E-state index contributed by atoms with van der Waals surface area (Å²) in [6.07, 6.45) is 1.64. The van der Waals surface area contributed by atoms with Crippen LogP contribution in [0.2, 0.25) is 5.02 Å². The van der Waals surface area contributed by atoms with Gasteiger partial charge < -0.3 is 14.8 Å². The molecule has 1 amide bonds. The first-order valence-corrected chi connectivity index (χ1v) is 10.9. The Labute approximate surface area is 194 Å². The smallest absolute Gasteiger partial charge is 0.352 e. The molecule has 2 heterocycles. The van der Waals surface area contributed by atoms with Crippen LogP contribution >= 0.6 is 11.6 Å². The maximum absolute atomic E-state index is 13.3. The Morgan fingerprint density at radius 2 is 2.06 bits per heavy atom. The van der Waals surface area contributed by atoms with Gasteiger partial charge in [0.25, 0.3) is 11.5 Å². The summed E-state index contributed by atoms with van der Waals surface area (Å²) in [4.78, 5) is 39.4. The minimum Gasteiger partial charge on any atom is -0.497 e. The van der Waals surface area contributed by atoms with Crippen molar-refractivity contribution in [3.63, 3.8) is 0 Å². The van der Waals surface area contributed by atoms with Gasteiger partial charge in [-0.2, -0.15) is 9.78 Å². The highest BCUT2D eigenvalue weighted by Crippen LogP contribution is 2.16. The number of aromatic nitrogens is 3. The minimum absolute atomic E-state index is 0.108. The molecule has 10 heteroatoms. The van der Waals surface area contributed by atoms with E-state index in [0.717, 1.165) is 22.1 Å². The van der Waals surface area contributed by atoms with Crippen molar-refractivity contribution in [2.75, 3.05) is 20.3 Å². The van der Waals surface area contributed by atoms with Crippen LogP contribution in [0.3, 0.4) is 0 Å². The molecule has 1 aromatic heterocycles. The average Bonchev–Trinajstić information content (AvgIpc) is 3.35. The molecule has 1 saturated heterocycles. The first kappa shape index (κ1) is 22.8. The molecule has 0 radical (unpaired) electrons. The zero-order chi connectivity index (χ0) is 23.4. The van der Waals surface area contributed by atoms with Gasteiger partial charge in [0.1, 0.15) is 5.75 Å². The van der Waals surface area contributed by atoms with Crippen LogP contribution in [0.4, 0.5) is 0 Å². The van der Waals surface area contributed by atoms with Crippen LogP contribution in [0.25, 0.3) is 5.69 Å². The molecule has 1 fully saturated rings. The molecule has 172 valence electrons. The van der Waals surface area contributed by atoms with Crippen LogP contribution in [0, 0.1) is 0 Å². The number of nitrogens with zero attached hydrogens (tertiary/aromatic N) is 3. The minimum atomic E-state index is -0.802. The predicted molar refractivity (Wildman–Crippen MR) is 123 cm³/mol. The highest BCUT2D eigenvalue weighted by Gasteiger charge is 2.23. The van der Waals surface area contributed by atoms with Crippen molar-refractivity contribution in [3.05, 3.63) is 85.6 Å². The lowest BCUT2D eigenvalue weighted by Crippen LogP contribution is -2.46. The van der Waals surface area contributed by atoms with E-state index >= 15 is 0 Å². The third-order valence-electron chi connectivity index (χ3n) is 5.37. The molecule has 1 unspecified atom stereocenters. The fourth-order valence-electron chi connectivity index (χ4n) is 3.60. The van der Waals surface area contributed by atoms with E-state index in [1.165, 1.54) is 7.11 Å². The molecule has 0 aliphatic carbocycles. The van der Waals surface area contributed by atoms with Gasteiger partial charge >= 0.3 is 5.69 Å². The Bertz CT molecular complexity index is 1280. The third-order valence-corrected chi connectivity index (χ3v) is 5.74. The molecule has 0 bridgehead atoms. The Morgan fingerprint density at radius 1 is 1.24 bits per heavy atom. The summed E-state index contributed by atoms with van der Waals surface area (Å²) < 4.78 is 12.7. The molecule has 0 spiro atoms. The van der Waals surface area contributed by atoms with Crippen molar-refractivity contribution in [1.82, 2.24) is 19.7 Å². The van der Waals surface area contributed by atoms with Gasteiger partial charge in [-0.1, -0.05) is 35.9 Å². The van der Waals surface area contributed by atoms with Gasteiger partial charge in [-0.05, 0) is 36.6 Å². The number of benzene rings is 2. The van der Waals surface area contributed by atoms with Gasteiger partial charge in [-0.25, -0.2) is 4.79 Å². The normalized spacial score (nSPS) is 15.4. The fraction of sp³-hybridized carbons (Fsp3) is 0.304. The lowest BCUT2D eigenvalue weighted by Gasteiger charge is -2.14. The van der Waals surface area contributed by atoms with Gasteiger partial charge in [-0.15, -0.1) is 0 Å². The molecule has 1 atom stereocenters. The highest BCUT2D eigenvalue weighted by molar-refractivity contribution is 6.31. The second-order valence-corrected chi connectivity index (χ2v) is 7.98. The van der Waals surface area contributed by atoms with Gasteiger partial charge in [0, 0.05) is 24.2 Å². The lowest BCUT2D eigenvalue weighted by molar-refractivity contribution is 0.0849. The van der Waals surface area contributed by atoms with Gasteiger partial charge in [0.15, 0.2) is 0 Å². The van der Waals surface area contributed by atoms with Crippen LogP contribution in [-0.2, 0) is 11.3 Å². The molecular formula is C23H23ClN4O5. The molecule has 33 heavy (non-hydrogen) atoms. The molecule has 1 N–H and O–H groups in total. The van der Waals surface area contributed by atoms with Crippen molar-refractivity contribution >= 4 is 17.5 Å². The van der Waals surface area contributed by atoms with E-state index in [1.807, 2.05) is 0 Å². The van der Waals surface area contributed by atoms with Crippen LogP contribution in [0.1, 0.15) is 28.9 Å². The highest BCUT2D eigenvalue weighted by atomic mass is 35.5. The predicted octanol–water partition coefficient (Wildman–Crippen LogP) is 2.01. The lowest BCUT2D eigenvalue weighted by atomic mass is 10.2. The summed E-state index contributed by atoms with van der Waals surface area (Å²) in [7, 11) is 1.50. The summed E-state index contributed by atoms with van der Waals surface area (Å²) in [6.45, 7) is 0.781. The molecule has 1 aliphatic rings. The van der Waals surface area contributed by atoms with Gasteiger partial charge in [-0.3, -0.25) is 14.2 Å². The van der Waals surface area contributed by atoms with Crippen molar-refractivity contribution in [2.24, 2.45) is 0 Å². The number of nitrogens with one attached hydrogen (secondary N) is 1. The van der Waals surface area contributed by atoms with Crippen LogP contribution < -0.4 is 21.3 Å². The number of hydrogen-bond acceptors (Lipinski definition) is 6. The summed E-state index contributed by atoms with van der Waals surface area (Å²) >= 11 is 6.25. The number of hydrogen-bond donors (Lipinski definition) is 1. The quantitative estimate of drug-likeness (QED) is 0.566. The average molecular weight is 471 g/mol. The zero-order valence-corrected chi connectivity index (χ0v) is 18.7. The monoisotopic (exact) mass is 470 g/mol. The Hall–Kier alpha value is -3.43. The second-order valence-electron chi connectivity index (χ2n) is 7.57. The number of rotatable bonds is 7. The number of ether oxygens (including phenoxy) is 2. The summed E-state index contributed by atoms with van der Waals surface area (Å²) in [6, 6.07) is 13.5. The fourth-order valence-corrected chi connectivity index (χ4v) is 3.80. The number of carbonyl (C=O) groups is 1. The largest absolute Gasteiger partial charge is 0.497 e. The Balaban J connectivity index is 1.79. The maximum atomic E-state index is 13.3. The number of halogens is 1. The van der Waals surface area contributed by atoms with Crippen molar-refractivity contribution in [3.8, 4) is 11.4 Å². The van der Waals surface area contributed by atoms with E-state index in [1.54, 1.807) is 48.5 Å². The second kappa shape index (κ2) is 10.0. The van der Waals surface area contributed by atoms with Gasteiger partial charge in [0.2, 0.25) is 5.69 Å². The summed E-state index contributed by atoms with van der Waals surface area (Å²) in [5, 5.41) is 7.22. The summed E-state index contributed by atoms with van der Waals surface area (Å²) in [5.41, 5.74) is -0.997. The van der Waals surface area contributed by atoms with E-state index in [4.69, 9.17) is 21.1 Å². The van der Waals surface area contributed by atoms with Crippen LogP contribution in [0.15, 0.2) is 58.1 Å². The molecule has 0 saturated carbocycles.